The number of aromatic nitrogens is 2. The SMILES string of the molecule is Br.Cc1nc(C)c(-c2csc(Nc3ccc(Cl)cc3)n2)s1. The van der Waals surface area contributed by atoms with E-state index in [1.807, 2.05) is 38.1 Å². The zero-order valence-corrected chi connectivity index (χ0v) is 15.5. The molecule has 110 valence electrons. The van der Waals surface area contributed by atoms with Crippen molar-refractivity contribution in [3.63, 3.8) is 0 Å². The first-order chi connectivity index (χ1) is 9.61. The number of halogens is 2. The van der Waals surface area contributed by atoms with Gasteiger partial charge in [0, 0.05) is 16.1 Å². The van der Waals surface area contributed by atoms with E-state index in [0.29, 0.717) is 0 Å². The molecule has 0 spiro atoms. The minimum Gasteiger partial charge on any atom is -0.332 e. The summed E-state index contributed by atoms with van der Waals surface area (Å²) in [6.07, 6.45) is 0. The molecule has 0 bridgehead atoms. The summed E-state index contributed by atoms with van der Waals surface area (Å²) < 4.78 is 0. The number of rotatable bonds is 3. The van der Waals surface area contributed by atoms with Crippen molar-refractivity contribution in [2.75, 3.05) is 5.32 Å². The number of hydrogen-bond donors (Lipinski definition) is 1. The van der Waals surface area contributed by atoms with Gasteiger partial charge < -0.3 is 5.32 Å². The van der Waals surface area contributed by atoms with E-state index >= 15 is 0 Å². The Kier molecular flexibility index (Phi) is 5.37. The monoisotopic (exact) mass is 401 g/mol. The van der Waals surface area contributed by atoms with Crippen LogP contribution in [-0.4, -0.2) is 9.97 Å². The van der Waals surface area contributed by atoms with Crippen molar-refractivity contribution in [2.24, 2.45) is 0 Å². The van der Waals surface area contributed by atoms with Crippen LogP contribution in [0, 0.1) is 13.8 Å². The van der Waals surface area contributed by atoms with Crippen molar-refractivity contribution in [3.05, 3.63) is 45.4 Å². The first kappa shape index (κ1) is 16.4. The second kappa shape index (κ2) is 6.87. The summed E-state index contributed by atoms with van der Waals surface area (Å²) in [5.74, 6) is 0. The van der Waals surface area contributed by atoms with Gasteiger partial charge in [-0.1, -0.05) is 11.6 Å². The summed E-state index contributed by atoms with van der Waals surface area (Å²) in [4.78, 5) is 10.2. The van der Waals surface area contributed by atoms with Crippen molar-refractivity contribution >= 4 is 62.1 Å². The highest BCUT2D eigenvalue weighted by atomic mass is 79.9. The van der Waals surface area contributed by atoms with E-state index in [1.54, 1.807) is 22.7 Å². The summed E-state index contributed by atoms with van der Waals surface area (Å²) in [5, 5.41) is 8.00. The highest BCUT2D eigenvalue weighted by molar-refractivity contribution is 8.93. The van der Waals surface area contributed by atoms with Crippen molar-refractivity contribution in [2.45, 2.75) is 13.8 Å². The van der Waals surface area contributed by atoms with Crippen molar-refractivity contribution in [3.8, 4) is 10.6 Å². The largest absolute Gasteiger partial charge is 0.332 e. The lowest BCUT2D eigenvalue weighted by Crippen LogP contribution is -1.88. The fourth-order valence-corrected chi connectivity index (χ4v) is 3.66. The number of nitrogens with zero attached hydrogens (tertiary/aromatic N) is 2. The lowest BCUT2D eigenvalue weighted by atomic mass is 10.3. The topological polar surface area (TPSA) is 37.8 Å². The summed E-state index contributed by atoms with van der Waals surface area (Å²) in [6.45, 7) is 4.03. The minimum atomic E-state index is 0. The second-order valence-corrected chi connectivity index (χ2v) is 6.81. The van der Waals surface area contributed by atoms with E-state index in [-0.39, 0.29) is 17.0 Å². The van der Waals surface area contributed by atoms with Gasteiger partial charge in [0.2, 0.25) is 0 Å². The predicted octanol–water partition coefficient (Wildman–Crippen LogP) is 5.86. The number of aryl methyl sites for hydroxylation is 2. The fourth-order valence-electron chi connectivity index (χ4n) is 1.86. The van der Waals surface area contributed by atoms with Crippen LogP contribution < -0.4 is 5.32 Å². The average Bonchev–Trinajstić information content (AvgIpc) is 2.99. The highest BCUT2D eigenvalue weighted by Crippen LogP contribution is 2.33. The van der Waals surface area contributed by atoms with Crippen LogP contribution in [0.4, 0.5) is 10.8 Å². The fraction of sp³-hybridized carbons (Fsp3) is 0.143. The molecule has 0 radical (unpaired) electrons. The van der Waals surface area contributed by atoms with Gasteiger partial charge in [-0.25, -0.2) is 9.97 Å². The molecule has 3 nitrogen and oxygen atoms in total. The Morgan fingerprint density at radius 2 is 1.81 bits per heavy atom. The highest BCUT2D eigenvalue weighted by Gasteiger charge is 2.11. The Labute approximate surface area is 146 Å². The van der Waals surface area contributed by atoms with E-state index in [1.165, 1.54) is 0 Å². The summed E-state index contributed by atoms with van der Waals surface area (Å²) in [6, 6.07) is 7.58. The Bertz CT molecular complexity index is 737. The van der Waals surface area contributed by atoms with E-state index < -0.39 is 0 Å². The van der Waals surface area contributed by atoms with Gasteiger partial charge in [-0.15, -0.1) is 39.7 Å². The zero-order valence-electron chi connectivity index (χ0n) is 11.4. The van der Waals surface area contributed by atoms with E-state index in [4.69, 9.17) is 11.6 Å². The molecule has 0 aliphatic heterocycles. The molecule has 3 rings (SSSR count). The summed E-state index contributed by atoms with van der Waals surface area (Å²) in [7, 11) is 0. The third-order valence-corrected chi connectivity index (χ3v) is 4.84. The molecular weight excluding hydrogens is 390 g/mol. The molecule has 3 aromatic rings. The molecular formula is C14H13BrClN3S2. The number of benzene rings is 1. The van der Waals surface area contributed by atoms with Gasteiger partial charge in [0.25, 0.3) is 0 Å². The molecule has 0 atom stereocenters. The molecule has 0 saturated carbocycles. The Hall–Kier alpha value is -0.950. The van der Waals surface area contributed by atoms with E-state index in [9.17, 15) is 0 Å². The molecule has 1 aromatic carbocycles. The molecule has 1 N–H and O–H groups in total. The van der Waals surface area contributed by atoms with Gasteiger partial charge >= 0.3 is 0 Å². The van der Waals surface area contributed by atoms with Crippen molar-refractivity contribution in [1.29, 1.82) is 0 Å². The second-order valence-electron chi connectivity index (χ2n) is 4.32. The van der Waals surface area contributed by atoms with Crippen LogP contribution in [0.5, 0.6) is 0 Å². The van der Waals surface area contributed by atoms with Crippen LogP contribution in [0.15, 0.2) is 29.6 Å². The Morgan fingerprint density at radius 1 is 1.10 bits per heavy atom. The smallest absolute Gasteiger partial charge is 0.187 e. The molecule has 7 heteroatoms. The average molecular weight is 403 g/mol. The number of nitrogens with one attached hydrogen (secondary N) is 1. The van der Waals surface area contributed by atoms with Gasteiger partial charge in [0.05, 0.1) is 21.3 Å². The van der Waals surface area contributed by atoms with Crippen LogP contribution in [0.3, 0.4) is 0 Å². The van der Waals surface area contributed by atoms with Crippen molar-refractivity contribution in [1.82, 2.24) is 9.97 Å². The Balaban J connectivity index is 0.00000161. The molecule has 2 heterocycles. The van der Waals surface area contributed by atoms with Crippen molar-refractivity contribution < 1.29 is 0 Å². The third kappa shape index (κ3) is 3.83. The quantitative estimate of drug-likeness (QED) is 0.596. The molecule has 0 fully saturated rings. The maximum Gasteiger partial charge on any atom is 0.187 e. The predicted molar refractivity (Wildman–Crippen MR) is 97.8 cm³/mol. The molecule has 0 aliphatic carbocycles. The molecule has 2 aromatic heterocycles. The first-order valence-electron chi connectivity index (χ1n) is 6.04. The summed E-state index contributed by atoms with van der Waals surface area (Å²) in [5.41, 5.74) is 3.00. The minimum absolute atomic E-state index is 0. The first-order valence-corrected chi connectivity index (χ1v) is 8.12. The molecule has 21 heavy (non-hydrogen) atoms. The lowest BCUT2D eigenvalue weighted by Gasteiger charge is -2.01. The molecule has 0 amide bonds. The van der Waals surface area contributed by atoms with Crippen LogP contribution in [0.1, 0.15) is 10.7 Å². The maximum atomic E-state index is 5.87. The molecule has 0 saturated heterocycles. The Morgan fingerprint density at radius 3 is 2.43 bits per heavy atom. The normalized spacial score (nSPS) is 10.2. The van der Waals surface area contributed by atoms with Gasteiger partial charge in [-0.2, -0.15) is 0 Å². The van der Waals surface area contributed by atoms with E-state index in [2.05, 4.69) is 20.7 Å². The number of hydrogen-bond acceptors (Lipinski definition) is 5. The van der Waals surface area contributed by atoms with Gasteiger partial charge in [-0.3, -0.25) is 0 Å². The third-order valence-electron chi connectivity index (χ3n) is 2.74. The zero-order chi connectivity index (χ0) is 14.1. The van der Waals surface area contributed by atoms with Crippen LogP contribution >= 0.6 is 51.3 Å². The number of thiazole rings is 2. The molecule has 0 unspecified atom stereocenters. The van der Waals surface area contributed by atoms with Crippen LogP contribution in [0.25, 0.3) is 10.6 Å². The van der Waals surface area contributed by atoms with E-state index in [0.717, 1.165) is 37.1 Å². The van der Waals surface area contributed by atoms with Crippen LogP contribution in [-0.2, 0) is 0 Å². The standard InChI is InChI=1S/C14H12ClN3S2.BrH/c1-8-13(20-9(2)16-8)12-7-19-14(18-12)17-11-5-3-10(15)4-6-11;/h3-7H,1-2H3,(H,17,18);1H. The van der Waals surface area contributed by atoms with Gasteiger partial charge in [0.15, 0.2) is 5.13 Å². The van der Waals surface area contributed by atoms with Crippen LogP contribution in [0.2, 0.25) is 5.02 Å². The number of anilines is 2. The van der Waals surface area contributed by atoms with Gasteiger partial charge in [-0.05, 0) is 38.1 Å². The summed E-state index contributed by atoms with van der Waals surface area (Å²) >= 11 is 9.13. The van der Waals surface area contributed by atoms with Gasteiger partial charge in [0.1, 0.15) is 0 Å². The molecule has 0 aliphatic rings. The maximum absolute atomic E-state index is 5.87. The lowest BCUT2D eigenvalue weighted by molar-refractivity contribution is 1.20.